The third-order valence-electron chi connectivity index (χ3n) is 3.24. The Morgan fingerprint density at radius 2 is 2.05 bits per heavy atom. The van der Waals surface area contributed by atoms with Crippen LogP contribution in [0.3, 0.4) is 0 Å². The van der Waals surface area contributed by atoms with Crippen molar-refractivity contribution >= 4 is 5.97 Å². The minimum absolute atomic E-state index is 0.120. The van der Waals surface area contributed by atoms with Gasteiger partial charge in [-0.25, -0.2) is 4.79 Å². The third-order valence-corrected chi connectivity index (χ3v) is 3.24. The van der Waals surface area contributed by atoms with E-state index >= 15 is 0 Å². The molecule has 0 aliphatic heterocycles. The van der Waals surface area contributed by atoms with Gasteiger partial charge >= 0.3 is 11.7 Å². The Bertz CT molecular complexity index is 630. The van der Waals surface area contributed by atoms with E-state index in [4.69, 9.17) is 4.74 Å². The zero-order valence-corrected chi connectivity index (χ0v) is 12.0. The van der Waals surface area contributed by atoms with E-state index in [0.717, 1.165) is 5.56 Å². The number of hydrogen-bond acceptors (Lipinski definition) is 5. The Balaban J connectivity index is 1.94. The molecule has 1 atom stereocenters. The van der Waals surface area contributed by atoms with Gasteiger partial charge in [0.05, 0.1) is 6.42 Å². The van der Waals surface area contributed by atoms with Gasteiger partial charge in [-0.15, -0.1) is 0 Å². The highest BCUT2D eigenvalue weighted by molar-refractivity contribution is 5.70. The summed E-state index contributed by atoms with van der Waals surface area (Å²) >= 11 is 0. The number of esters is 1. The molecule has 21 heavy (non-hydrogen) atoms. The smallest absolute Gasteiger partial charge is 0.438 e. The van der Waals surface area contributed by atoms with E-state index in [1.54, 1.807) is 0 Å². The number of carbonyl (C=O) groups is 1. The van der Waals surface area contributed by atoms with Crippen LogP contribution >= 0.6 is 0 Å². The molecule has 6 heteroatoms. The molecule has 6 nitrogen and oxygen atoms in total. The normalized spacial score (nSPS) is 12.3. The molecular weight excluding hydrogens is 272 g/mol. The van der Waals surface area contributed by atoms with Crippen LogP contribution in [-0.4, -0.2) is 16.1 Å². The summed E-state index contributed by atoms with van der Waals surface area (Å²) in [6, 6.07) is 9.46. The Labute approximate surface area is 122 Å². The topological polar surface area (TPSA) is 85.2 Å². The number of aromatic nitrogens is 2. The molecule has 0 saturated heterocycles. The Hall–Kier alpha value is -2.37. The summed E-state index contributed by atoms with van der Waals surface area (Å²) in [5, 5.41) is 3.66. The van der Waals surface area contributed by atoms with Crippen molar-refractivity contribution in [2.75, 3.05) is 0 Å². The third kappa shape index (κ3) is 4.30. The predicted molar refractivity (Wildman–Crippen MR) is 75.6 cm³/mol. The zero-order chi connectivity index (χ0) is 15.2. The van der Waals surface area contributed by atoms with Gasteiger partial charge in [-0.1, -0.05) is 49.3 Å². The van der Waals surface area contributed by atoms with Gasteiger partial charge in [0.1, 0.15) is 6.61 Å². The maximum Gasteiger partial charge on any atom is 0.438 e. The van der Waals surface area contributed by atoms with Crippen molar-refractivity contribution in [2.45, 2.75) is 32.8 Å². The summed E-state index contributed by atoms with van der Waals surface area (Å²) in [6.07, 6.45) is 0.146. The number of H-pyrrole nitrogens is 1. The highest BCUT2D eigenvalue weighted by atomic mass is 16.5. The number of carbonyl (C=O) groups excluding carboxylic acids is 1. The molecule has 2 rings (SSSR count). The van der Waals surface area contributed by atoms with Crippen molar-refractivity contribution < 1.29 is 14.1 Å². The van der Waals surface area contributed by atoms with E-state index in [9.17, 15) is 9.59 Å². The lowest BCUT2D eigenvalue weighted by atomic mass is 9.92. The van der Waals surface area contributed by atoms with Gasteiger partial charge in [0.15, 0.2) is 5.82 Å². The van der Waals surface area contributed by atoms with Crippen LogP contribution in [0.4, 0.5) is 0 Å². The van der Waals surface area contributed by atoms with E-state index < -0.39 is 5.76 Å². The van der Waals surface area contributed by atoms with Crippen LogP contribution in [0.2, 0.25) is 0 Å². The van der Waals surface area contributed by atoms with E-state index in [1.165, 1.54) is 0 Å². The highest BCUT2D eigenvalue weighted by Crippen LogP contribution is 2.25. The average molecular weight is 290 g/mol. The van der Waals surface area contributed by atoms with Crippen molar-refractivity contribution in [2.24, 2.45) is 5.92 Å². The first kappa shape index (κ1) is 15.0. The molecule has 0 saturated carbocycles. The van der Waals surface area contributed by atoms with Crippen LogP contribution in [0.5, 0.6) is 0 Å². The Morgan fingerprint density at radius 1 is 1.33 bits per heavy atom. The quantitative estimate of drug-likeness (QED) is 0.825. The van der Waals surface area contributed by atoms with Crippen molar-refractivity contribution in [3.8, 4) is 0 Å². The number of nitrogens with one attached hydrogen (secondary N) is 1. The molecule has 1 aromatic carbocycles. The number of nitrogens with zero attached hydrogens (tertiary/aromatic N) is 1. The minimum atomic E-state index is -0.617. The van der Waals surface area contributed by atoms with Crippen LogP contribution in [0, 0.1) is 5.92 Å². The fourth-order valence-corrected chi connectivity index (χ4v) is 2.03. The largest absolute Gasteiger partial charge is 0.461 e. The standard InChI is InChI=1S/C15H18N2O4/c1-10(2)12(14-16-15(19)21-17-14)8-13(18)20-9-11-6-4-3-5-7-11/h3-7,10,12H,8-9H2,1-2H3,(H,16,17,19)/t12-/m0/s1. The maximum atomic E-state index is 11.9. The molecule has 1 N–H and O–H groups in total. The molecule has 0 spiro atoms. The van der Waals surface area contributed by atoms with Crippen molar-refractivity contribution in [3.63, 3.8) is 0 Å². The van der Waals surface area contributed by atoms with Crippen molar-refractivity contribution in [3.05, 3.63) is 52.3 Å². The summed E-state index contributed by atoms with van der Waals surface area (Å²) in [4.78, 5) is 25.4. The molecule has 0 fully saturated rings. The van der Waals surface area contributed by atoms with Gasteiger partial charge in [0.25, 0.3) is 0 Å². The van der Waals surface area contributed by atoms with Gasteiger partial charge < -0.3 is 4.74 Å². The van der Waals surface area contributed by atoms with E-state index in [1.807, 2.05) is 44.2 Å². The zero-order valence-electron chi connectivity index (χ0n) is 12.0. The van der Waals surface area contributed by atoms with Crippen molar-refractivity contribution in [1.29, 1.82) is 0 Å². The maximum absolute atomic E-state index is 11.9. The first-order valence-electron chi connectivity index (χ1n) is 6.81. The van der Waals surface area contributed by atoms with Crippen LogP contribution < -0.4 is 5.76 Å². The van der Waals surface area contributed by atoms with Crippen LogP contribution in [-0.2, 0) is 16.1 Å². The highest BCUT2D eigenvalue weighted by Gasteiger charge is 2.24. The molecule has 0 aliphatic carbocycles. The van der Waals surface area contributed by atoms with Gasteiger partial charge in [-0.2, -0.15) is 0 Å². The molecule has 0 bridgehead atoms. The molecule has 0 aliphatic rings. The van der Waals surface area contributed by atoms with E-state index in [0.29, 0.717) is 5.82 Å². The number of rotatable bonds is 6. The Morgan fingerprint density at radius 3 is 2.62 bits per heavy atom. The number of hydrogen-bond donors (Lipinski definition) is 1. The minimum Gasteiger partial charge on any atom is -0.461 e. The van der Waals surface area contributed by atoms with Gasteiger partial charge in [-0.3, -0.25) is 14.3 Å². The monoisotopic (exact) mass is 290 g/mol. The molecule has 112 valence electrons. The summed E-state index contributed by atoms with van der Waals surface area (Å²) in [7, 11) is 0. The molecule has 0 amide bonds. The predicted octanol–water partition coefficient (Wildman–Crippen LogP) is 2.24. The lowest BCUT2D eigenvalue weighted by Crippen LogP contribution is -2.16. The van der Waals surface area contributed by atoms with E-state index in [2.05, 4.69) is 14.7 Å². The fraction of sp³-hybridized carbons (Fsp3) is 0.400. The molecule has 0 unspecified atom stereocenters. The van der Waals surface area contributed by atoms with Crippen molar-refractivity contribution in [1.82, 2.24) is 10.1 Å². The van der Waals surface area contributed by atoms with Crippen LogP contribution in [0.25, 0.3) is 0 Å². The number of ether oxygens (including phenoxy) is 1. The number of aromatic amines is 1. The number of benzene rings is 1. The second-order valence-electron chi connectivity index (χ2n) is 5.18. The van der Waals surface area contributed by atoms with Gasteiger partial charge in [-0.05, 0) is 11.5 Å². The van der Waals surface area contributed by atoms with Crippen LogP contribution in [0.1, 0.15) is 37.6 Å². The molecular formula is C15H18N2O4. The van der Waals surface area contributed by atoms with Gasteiger partial charge in [0.2, 0.25) is 0 Å². The molecule has 1 heterocycles. The molecule has 2 aromatic rings. The average Bonchev–Trinajstić information content (AvgIpc) is 2.89. The second kappa shape index (κ2) is 6.88. The summed E-state index contributed by atoms with van der Waals surface area (Å²) in [5.74, 6) is -0.684. The molecule has 0 radical (unpaired) electrons. The molecule has 1 aromatic heterocycles. The second-order valence-corrected chi connectivity index (χ2v) is 5.18. The Kier molecular flexibility index (Phi) is 4.92. The first-order chi connectivity index (χ1) is 10.1. The van der Waals surface area contributed by atoms with E-state index in [-0.39, 0.29) is 30.8 Å². The first-order valence-corrected chi connectivity index (χ1v) is 6.81. The summed E-state index contributed by atoms with van der Waals surface area (Å²) in [5.41, 5.74) is 0.932. The van der Waals surface area contributed by atoms with Crippen LogP contribution in [0.15, 0.2) is 39.6 Å². The lowest BCUT2D eigenvalue weighted by molar-refractivity contribution is -0.145. The SMILES string of the molecule is CC(C)[C@H](CC(=O)OCc1ccccc1)c1noc(=O)[nH]1. The fourth-order valence-electron chi connectivity index (χ4n) is 2.03. The summed E-state index contributed by atoms with van der Waals surface area (Å²) < 4.78 is 9.74. The summed E-state index contributed by atoms with van der Waals surface area (Å²) in [6.45, 7) is 4.13. The lowest BCUT2D eigenvalue weighted by Gasteiger charge is -2.16. The van der Waals surface area contributed by atoms with Gasteiger partial charge in [0, 0.05) is 5.92 Å².